The van der Waals surface area contributed by atoms with Crippen molar-refractivity contribution in [1.29, 1.82) is 0 Å². The molecule has 33 heavy (non-hydrogen) atoms. The number of aliphatic carboxylic acids is 1. The molecule has 1 N–H and O–H groups in total. The molecule has 0 bridgehead atoms. The van der Waals surface area contributed by atoms with E-state index in [0.717, 1.165) is 49.4 Å². The number of hydrogen-bond donors (Lipinski definition) is 1. The maximum Gasteiger partial charge on any atom is 0.416 e. The van der Waals surface area contributed by atoms with E-state index in [1.54, 1.807) is 12.1 Å². The van der Waals surface area contributed by atoms with E-state index < -0.39 is 23.3 Å². The third-order valence-corrected chi connectivity index (χ3v) is 6.05. The summed E-state index contributed by atoms with van der Waals surface area (Å²) < 4.78 is 43.7. The first-order valence-electron chi connectivity index (χ1n) is 10.4. The van der Waals surface area contributed by atoms with Gasteiger partial charge < -0.3 is 9.84 Å². The van der Waals surface area contributed by atoms with Crippen LogP contribution in [0.25, 0.3) is 0 Å². The largest absolute Gasteiger partial charge is 0.478 e. The first-order valence-corrected chi connectivity index (χ1v) is 11.1. The van der Waals surface area contributed by atoms with Gasteiger partial charge in [0.15, 0.2) is 11.4 Å². The first-order chi connectivity index (χ1) is 15.3. The summed E-state index contributed by atoms with van der Waals surface area (Å²) in [7, 11) is 0. The highest BCUT2D eigenvalue weighted by Crippen LogP contribution is 2.37. The Labute approximate surface area is 200 Å². The molecule has 0 saturated carbocycles. The van der Waals surface area contributed by atoms with Gasteiger partial charge in [0.2, 0.25) is 0 Å². The predicted molar refractivity (Wildman–Crippen MR) is 121 cm³/mol. The summed E-state index contributed by atoms with van der Waals surface area (Å²) in [6, 6.07) is 8.71. The molecule has 0 aliphatic carbocycles. The van der Waals surface area contributed by atoms with Crippen molar-refractivity contribution in [1.82, 2.24) is 9.80 Å². The number of halogens is 5. The van der Waals surface area contributed by atoms with Gasteiger partial charge in [-0.3, -0.25) is 9.80 Å². The number of piperazine rings is 1. The van der Waals surface area contributed by atoms with Crippen LogP contribution in [0, 0.1) is 0 Å². The van der Waals surface area contributed by atoms with Crippen molar-refractivity contribution in [3.8, 4) is 5.75 Å². The van der Waals surface area contributed by atoms with Crippen molar-refractivity contribution in [2.24, 2.45) is 0 Å². The minimum absolute atomic E-state index is 0.135. The molecule has 2 aromatic rings. The third kappa shape index (κ3) is 6.76. The van der Waals surface area contributed by atoms with Crippen LogP contribution in [0.5, 0.6) is 5.75 Å². The van der Waals surface area contributed by atoms with Gasteiger partial charge in [-0.05, 0) is 49.2 Å². The molecule has 5 nitrogen and oxygen atoms in total. The summed E-state index contributed by atoms with van der Waals surface area (Å²) in [4.78, 5) is 15.7. The number of hydrogen-bond acceptors (Lipinski definition) is 4. The van der Waals surface area contributed by atoms with Crippen LogP contribution >= 0.6 is 23.2 Å². The zero-order chi connectivity index (χ0) is 24.4. The van der Waals surface area contributed by atoms with Crippen molar-refractivity contribution < 1.29 is 27.8 Å². The highest BCUT2D eigenvalue weighted by Gasteiger charge is 2.32. The summed E-state index contributed by atoms with van der Waals surface area (Å²) in [6.07, 6.45) is -4.33. The van der Waals surface area contributed by atoms with E-state index in [1.165, 1.54) is 26.0 Å². The Balaban J connectivity index is 1.55. The van der Waals surface area contributed by atoms with Crippen molar-refractivity contribution in [2.45, 2.75) is 38.7 Å². The summed E-state index contributed by atoms with van der Waals surface area (Å²) in [5.41, 5.74) is -0.397. The number of ether oxygens (including phenoxy) is 1. The van der Waals surface area contributed by atoms with Gasteiger partial charge >= 0.3 is 12.1 Å². The van der Waals surface area contributed by atoms with E-state index in [4.69, 9.17) is 27.9 Å². The number of carboxylic acid groups (broad SMARTS) is 1. The molecule has 0 radical (unpaired) electrons. The van der Waals surface area contributed by atoms with Gasteiger partial charge in [-0.25, -0.2) is 4.79 Å². The van der Waals surface area contributed by atoms with Crippen LogP contribution in [-0.2, 0) is 24.1 Å². The predicted octanol–water partition coefficient (Wildman–Crippen LogP) is 5.57. The average molecular weight is 505 g/mol. The second-order valence-corrected chi connectivity index (χ2v) is 9.37. The molecular formula is C23H25Cl2F3N2O3. The summed E-state index contributed by atoms with van der Waals surface area (Å²) >= 11 is 12.6. The standard InChI is InChI=1S/C23H25Cl2F3N2O3/c1-22(2,21(31)32)33-20-18(24)11-16(12-19(20)25)14-30-9-7-29(8-10-30)13-15-3-5-17(6-4-15)23(26,27)28/h3-6,11-12H,7-10,13-14H2,1-2H3,(H,31,32). The Bertz CT molecular complexity index is 966. The van der Waals surface area contributed by atoms with E-state index in [2.05, 4.69) is 9.80 Å². The maximum absolute atomic E-state index is 12.7. The normalized spacial score (nSPS) is 16.1. The smallest absolute Gasteiger partial charge is 0.416 e. The van der Waals surface area contributed by atoms with E-state index in [0.29, 0.717) is 13.1 Å². The van der Waals surface area contributed by atoms with Crippen LogP contribution in [0.3, 0.4) is 0 Å². The number of rotatable bonds is 7. The quantitative estimate of drug-likeness (QED) is 0.533. The zero-order valence-electron chi connectivity index (χ0n) is 18.3. The lowest BCUT2D eigenvalue weighted by atomic mass is 10.1. The number of alkyl halides is 3. The van der Waals surface area contributed by atoms with Gasteiger partial charge in [-0.2, -0.15) is 13.2 Å². The van der Waals surface area contributed by atoms with Crippen LogP contribution in [0.2, 0.25) is 10.0 Å². The molecule has 1 aliphatic rings. The first kappa shape index (κ1) is 25.6. The van der Waals surface area contributed by atoms with Gasteiger partial charge in [-0.15, -0.1) is 0 Å². The van der Waals surface area contributed by atoms with Gasteiger partial charge in [0, 0.05) is 39.3 Å². The van der Waals surface area contributed by atoms with Crippen molar-refractivity contribution in [2.75, 3.05) is 26.2 Å². The fourth-order valence-corrected chi connectivity index (χ4v) is 4.13. The SMILES string of the molecule is CC(C)(Oc1c(Cl)cc(CN2CCN(Cc3ccc(C(F)(F)F)cc3)CC2)cc1Cl)C(=O)O. The highest BCUT2D eigenvalue weighted by molar-refractivity contribution is 6.37. The molecular weight excluding hydrogens is 480 g/mol. The monoisotopic (exact) mass is 504 g/mol. The second-order valence-electron chi connectivity index (χ2n) is 8.55. The van der Waals surface area contributed by atoms with Crippen LogP contribution in [-0.4, -0.2) is 52.7 Å². The average Bonchev–Trinajstić information content (AvgIpc) is 2.72. The summed E-state index contributed by atoms with van der Waals surface area (Å²) in [5.74, 6) is -0.997. The van der Waals surface area contributed by atoms with E-state index in [1.807, 2.05) is 0 Å². The van der Waals surface area contributed by atoms with Gasteiger partial charge in [-0.1, -0.05) is 35.3 Å². The molecule has 10 heteroatoms. The van der Waals surface area contributed by atoms with Crippen LogP contribution < -0.4 is 4.74 Å². The molecule has 0 spiro atoms. The van der Waals surface area contributed by atoms with E-state index >= 15 is 0 Å². The Morgan fingerprint density at radius 2 is 1.39 bits per heavy atom. The van der Waals surface area contributed by atoms with Crippen LogP contribution in [0.1, 0.15) is 30.5 Å². The molecule has 2 aromatic carbocycles. The Morgan fingerprint density at radius 3 is 1.82 bits per heavy atom. The van der Waals surface area contributed by atoms with Gasteiger partial charge in [0.25, 0.3) is 0 Å². The molecule has 180 valence electrons. The minimum Gasteiger partial charge on any atom is -0.478 e. The second kappa shape index (κ2) is 10.1. The molecule has 0 unspecified atom stereocenters. The number of benzene rings is 2. The lowest BCUT2D eigenvalue weighted by molar-refractivity contribution is -0.152. The van der Waals surface area contributed by atoms with Crippen LogP contribution in [0.4, 0.5) is 13.2 Å². The molecule has 0 atom stereocenters. The van der Waals surface area contributed by atoms with Crippen molar-refractivity contribution in [3.63, 3.8) is 0 Å². The lowest BCUT2D eigenvalue weighted by Crippen LogP contribution is -2.45. The Morgan fingerprint density at radius 1 is 0.939 bits per heavy atom. The zero-order valence-corrected chi connectivity index (χ0v) is 19.8. The molecule has 3 rings (SSSR count). The molecule has 0 amide bonds. The Hall–Kier alpha value is -2.00. The molecule has 1 fully saturated rings. The fraction of sp³-hybridized carbons (Fsp3) is 0.435. The topological polar surface area (TPSA) is 53.0 Å². The molecule has 1 aliphatic heterocycles. The maximum atomic E-state index is 12.7. The van der Waals surface area contributed by atoms with Gasteiger partial charge in [0.1, 0.15) is 0 Å². The number of carboxylic acids is 1. The fourth-order valence-electron chi connectivity index (χ4n) is 3.52. The minimum atomic E-state index is -4.33. The van der Waals surface area contributed by atoms with E-state index in [-0.39, 0.29) is 15.8 Å². The highest BCUT2D eigenvalue weighted by atomic mass is 35.5. The molecule has 1 heterocycles. The van der Waals surface area contributed by atoms with E-state index in [9.17, 15) is 23.1 Å². The lowest BCUT2D eigenvalue weighted by Gasteiger charge is -2.35. The molecule has 0 aromatic heterocycles. The number of carbonyl (C=O) groups is 1. The summed E-state index contributed by atoms with van der Waals surface area (Å²) in [6.45, 7) is 7.14. The van der Waals surface area contributed by atoms with Crippen molar-refractivity contribution >= 4 is 29.2 Å². The van der Waals surface area contributed by atoms with Crippen LogP contribution in [0.15, 0.2) is 36.4 Å². The molecule has 1 saturated heterocycles. The van der Waals surface area contributed by atoms with Crippen molar-refractivity contribution in [3.05, 3.63) is 63.1 Å². The third-order valence-electron chi connectivity index (χ3n) is 5.49. The summed E-state index contributed by atoms with van der Waals surface area (Å²) in [5, 5.41) is 9.73. The Kier molecular flexibility index (Phi) is 7.84. The van der Waals surface area contributed by atoms with Gasteiger partial charge in [0.05, 0.1) is 15.6 Å². The number of nitrogens with zero attached hydrogens (tertiary/aromatic N) is 2.